The van der Waals surface area contributed by atoms with Crippen molar-refractivity contribution in [3.8, 4) is 11.5 Å². The highest BCUT2D eigenvalue weighted by atomic mass is 16.7. The van der Waals surface area contributed by atoms with Gasteiger partial charge in [0.15, 0.2) is 23.6 Å². The number of ketones is 1. The van der Waals surface area contributed by atoms with Crippen molar-refractivity contribution < 1.29 is 23.7 Å². The van der Waals surface area contributed by atoms with Gasteiger partial charge in [0.25, 0.3) is 0 Å². The summed E-state index contributed by atoms with van der Waals surface area (Å²) >= 11 is 0. The summed E-state index contributed by atoms with van der Waals surface area (Å²) in [5.74, 6) is 1.17. The lowest BCUT2D eigenvalue weighted by Crippen LogP contribution is -2.09. The first-order valence-corrected chi connectivity index (χ1v) is 7.72. The number of ether oxygens (including phenoxy) is 4. The van der Waals surface area contributed by atoms with E-state index >= 15 is 0 Å². The van der Waals surface area contributed by atoms with Gasteiger partial charge in [0, 0.05) is 11.1 Å². The van der Waals surface area contributed by atoms with Gasteiger partial charge in [0.2, 0.25) is 6.79 Å². The van der Waals surface area contributed by atoms with Crippen molar-refractivity contribution in [1.82, 2.24) is 0 Å². The molecular weight excluding hydrogens is 308 g/mol. The fourth-order valence-corrected chi connectivity index (χ4v) is 2.65. The molecule has 0 fully saturated rings. The minimum absolute atomic E-state index is 0.0842. The molecule has 2 aromatic rings. The van der Waals surface area contributed by atoms with Crippen LogP contribution in [0.5, 0.6) is 11.5 Å². The Bertz CT molecular complexity index is 782. The molecule has 0 unspecified atom stereocenters. The molecule has 5 heteroatoms. The van der Waals surface area contributed by atoms with E-state index in [9.17, 15) is 4.79 Å². The summed E-state index contributed by atoms with van der Waals surface area (Å²) in [4.78, 5) is 12.6. The Balaban J connectivity index is 1.42. The standard InChI is InChI=1S/C19H16O5/c20-19(14-6-7-16-17(8-14)24-12-23-16)15-9-18(22-11-15)21-10-13-4-2-1-3-5-13/h1-9,18H,10-12H2/t18-/m1/s1. The van der Waals surface area contributed by atoms with Crippen LogP contribution in [0.1, 0.15) is 15.9 Å². The van der Waals surface area contributed by atoms with Crippen molar-refractivity contribution in [3.63, 3.8) is 0 Å². The highest BCUT2D eigenvalue weighted by Crippen LogP contribution is 2.33. The molecule has 0 radical (unpaired) electrons. The van der Waals surface area contributed by atoms with Crippen LogP contribution in [0.25, 0.3) is 0 Å². The van der Waals surface area contributed by atoms with Gasteiger partial charge in [-0.25, -0.2) is 0 Å². The highest BCUT2D eigenvalue weighted by Gasteiger charge is 2.24. The largest absolute Gasteiger partial charge is 0.454 e. The van der Waals surface area contributed by atoms with E-state index in [1.54, 1.807) is 24.3 Å². The number of fused-ring (bicyclic) bond motifs is 1. The topological polar surface area (TPSA) is 54.0 Å². The van der Waals surface area contributed by atoms with Crippen molar-refractivity contribution >= 4 is 5.78 Å². The maximum Gasteiger partial charge on any atom is 0.231 e. The summed E-state index contributed by atoms with van der Waals surface area (Å²) < 4.78 is 21.8. The van der Waals surface area contributed by atoms with Gasteiger partial charge in [-0.05, 0) is 29.8 Å². The third-order valence-electron chi connectivity index (χ3n) is 3.92. The zero-order valence-corrected chi connectivity index (χ0v) is 12.9. The van der Waals surface area contributed by atoms with E-state index in [1.165, 1.54) is 0 Å². The molecule has 0 amide bonds. The lowest BCUT2D eigenvalue weighted by atomic mass is 10.0. The van der Waals surface area contributed by atoms with Crippen molar-refractivity contribution in [3.05, 3.63) is 71.3 Å². The molecule has 2 aromatic carbocycles. The Labute approximate surface area is 139 Å². The first-order chi connectivity index (χ1) is 11.8. The van der Waals surface area contributed by atoms with Gasteiger partial charge < -0.3 is 18.9 Å². The zero-order valence-electron chi connectivity index (χ0n) is 12.9. The molecule has 2 heterocycles. The van der Waals surface area contributed by atoms with Gasteiger partial charge in [-0.2, -0.15) is 0 Å². The summed E-state index contributed by atoms with van der Waals surface area (Å²) in [7, 11) is 0. The van der Waals surface area contributed by atoms with E-state index in [2.05, 4.69) is 0 Å². The fraction of sp³-hybridized carbons (Fsp3) is 0.211. The first kappa shape index (κ1) is 14.9. The van der Waals surface area contributed by atoms with Crippen molar-refractivity contribution in [1.29, 1.82) is 0 Å². The van der Waals surface area contributed by atoms with Crippen LogP contribution >= 0.6 is 0 Å². The van der Waals surface area contributed by atoms with Gasteiger partial charge in [0.05, 0.1) is 13.2 Å². The molecule has 0 aliphatic carbocycles. The summed E-state index contributed by atoms with van der Waals surface area (Å²) in [6.45, 7) is 0.869. The number of benzene rings is 2. The number of hydrogen-bond acceptors (Lipinski definition) is 5. The van der Waals surface area contributed by atoms with E-state index in [4.69, 9.17) is 18.9 Å². The number of hydrogen-bond donors (Lipinski definition) is 0. The average Bonchev–Trinajstić information content (AvgIpc) is 3.29. The third kappa shape index (κ3) is 3.04. The van der Waals surface area contributed by atoms with Crippen LogP contribution in [-0.2, 0) is 16.1 Å². The molecule has 24 heavy (non-hydrogen) atoms. The van der Waals surface area contributed by atoms with Crippen LogP contribution in [0.15, 0.2) is 60.2 Å². The molecule has 2 aliphatic rings. The number of Topliss-reactive ketones (excluding diaryl/α,β-unsaturated/α-hetero) is 1. The van der Waals surface area contributed by atoms with Crippen LogP contribution in [0, 0.1) is 0 Å². The Morgan fingerprint density at radius 1 is 1.08 bits per heavy atom. The van der Waals surface area contributed by atoms with Gasteiger partial charge in [-0.15, -0.1) is 0 Å². The molecule has 4 rings (SSSR count). The second kappa shape index (κ2) is 6.47. The lowest BCUT2D eigenvalue weighted by Gasteiger charge is -2.09. The van der Waals surface area contributed by atoms with E-state index in [-0.39, 0.29) is 19.2 Å². The molecule has 0 saturated heterocycles. The Hall–Kier alpha value is -2.63. The second-order valence-electron chi connectivity index (χ2n) is 5.57. The summed E-state index contributed by atoms with van der Waals surface area (Å²) in [5, 5.41) is 0. The Morgan fingerprint density at radius 3 is 2.79 bits per heavy atom. The van der Waals surface area contributed by atoms with Crippen LogP contribution in [-0.4, -0.2) is 25.5 Å². The molecule has 5 nitrogen and oxygen atoms in total. The van der Waals surface area contributed by atoms with E-state index < -0.39 is 6.29 Å². The lowest BCUT2D eigenvalue weighted by molar-refractivity contribution is -0.0999. The van der Waals surface area contributed by atoms with Crippen LogP contribution in [0.3, 0.4) is 0 Å². The molecule has 0 bridgehead atoms. The molecule has 0 saturated carbocycles. The monoisotopic (exact) mass is 324 g/mol. The fourth-order valence-electron chi connectivity index (χ4n) is 2.65. The van der Waals surface area contributed by atoms with Gasteiger partial charge >= 0.3 is 0 Å². The normalized spacial score (nSPS) is 18.5. The SMILES string of the molecule is O=C(C1=C[C@H](OCc2ccccc2)OC1)c1ccc2c(c1)OCO2. The number of rotatable bonds is 5. The molecular formula is C19H16O5. The van der Waals surface area contributed by atoms with Crippen molar-refractivity contribution in [2.45, 2.75) is 12.9 Å². The Kier molecular flexibility index (Phi) is 4.02. The average molecular weight is 324 g/mol. The van der Waals surface area contributed by atoms with E-state index in [0.717, 1.165) is 5.56 Å². The van der Waals surface area contributed by atoms with Crippen molar-refractivity contribution in [2.24, 2.45) is 0 Å². The summed E-state index contributed by atoms with van der Waals surface area (Å²) in [6.07, 6.45) is 1.23. The smallest absolute Gasteiger partial charge is 0.231 e. The van der Waals surface area contributed by atoms with Gasteiger partial charge in [0.1, 0.15) is 0 Å². The minimum atomic E-state index is -0.502. The predicted octanol–water partition coefficient (Wildman–Crippen LogP) is 3.10. The van der Waals surface area contributed by atoms with Crippen LogP contribution in [0.2, 0.25) is 0 Å². The van der Waals surface area contributed by atoms with Crippen LogP contribution in [0.4, 0.5) is 0 Å². The maximum atomic E-state index is 12.6. The third-order valence-corrected chi connectivity index (χ3v) is 3.92. The molecule has 2 aliphatic heterocycles. The summed E-state index contributed by atoms with van der Waals surface area (Å²) in [6, 6.07) is 15.0. The van der Waals surface area contributed by atoms with Gasteiger partial charge in [-0.3, -0.25) is 4.79 Å². The van der Waals surface area contributed by atoms with E-state index in [1.807, 2.05) is 30.3 Å². The number of carbonyl (C=O) groups excluding carboxylic acids is 1. The highest BCUT2D eigenvalue weighted by molar-refractivity contribution is 6.09. The maximum absolute atomic E-state index is 12.6. The molecule has 0 aromatic heterocycles. The molecule has 122 valence electrons. The first-order valence-electron chi connectivity index (χ1n) is 7.72. The quantitative estimate of drug-likeness (QED) is 0.791. The number of carbonyl (C=O) groups is 1. The molecule has 0 spiro atoms. The molecule has 1 atom stereocenters. The minimum Gasteiger partial charge on any atom is -0.454 e. The predicted molar refractivity (Wildman–Crippen MR) is 85.9 cm³/mol. The van der Waals surface area contributed by atoms with E-state index in [0.29, 0.717) is 29.2 Å². The van der Waals surface area contributed by atoms with Gasteiger partial charge in [-0.1, -0.05) is 30.3 Å². The zero-order chi connectivity index (χ0) is 16.4. The Morgan fingerprint density at radius 2 is 1.92 bits per heavy atom. The summed E-state index contributed by atoms with van der Waals surface area (Å²) in [5.41, 5.74) is 2.20. The second-order valence-corrected chi connectivity index (χ2v) is 5.57. The molecule has 0 N–H and O–H groups in total. The van der Waals surface area contributed by atoms with Crippen molar-refractivity contribution in [2.75, 3.05) is 13.4 Å². The van der Waals surface area contributed by atoms with Crippen LogP contribution < -0.4 is 9.47 Å².